The Morgan fingerprint density at radius 3 is 2.20 bits per heavy atom. The van der Waals surface area contributed by atoms with Gasteiger partial charge in [-0.15, -0.1) is 0 Å². The van der Waals surface area contributed by atoms with Crippen molar-refractivity contribution in [3.05, 3.63) is 0 Å². The number of nitrogens with one attached hydrogen (secondary N) is 1. The third kappa shape index (κ3) is 3.37. The number of hydrogen-bond donors (Lipinski definition) is 1. The van der Waals surface area contributed by atoms with Gasteiger partial charge in [0, 0.05) is 6.54 Å². The summed E-state index contributed by atoms with van der Waals surface area (Å²) in [5.41, 5.74) is 0. The van der Waals surface area contributed by atoms with Crippen molar-refractivity contribution >= 4 is 5.84 Å². The lowest BCUT2D eigenvalue weighted by molar-refractivity contribution is 0.117. The molecule has 0 saturated carbocycles. The minimum Gasteiger partial charge on any atom is -0.355 e. The Bertz CT molecular complexity index is 114. The van der Waals surface area contributed by atoms with E-state index in [1.165, 1.54) is 11.8 Å². The van der Waals surface area contributed by atoms with Gasteiger partial charge in [0.2, 0.25) is 0 Å². The molecule has 2 nitrogen and oxygen atoms in total. The maximum atomic E-state index is 11.7. The SMILES string of the molecule is CCN(CC(F)F)C(C)=N. The van der Waals surface area contributed by atoms with Crippen molar-refractivity contribution in [3.8, 4) is 0 Å². The number of alkyl halides is 2. The maximum Gasteiger partial charge on any atom is 0.255 e. The summed E-state index contributed by atoms with van der Waals surface area (Å²) in [4.78, 5) is 1.32. The van der Waals surface area contributed by atoms with Crippen LogP contribution in [0.5, 0.6) is 0 Å². The molecule has 0 aromatic heterocycles. The summed E-state index contributed by atoms with van der Waals surface area (Å²) >= 11 is 0. The van der Waals surface area contributed by atoms with Crippen LogP contribution in [0.1, 0.15) is 13.8 Å². The Balaban J connectivity index is 3.72. The first-order valence-electron chi connectivity index (χ1n) is 3.16. The zero-order valence-corrected chi connectivity index (χ0v) is 6.19. The van der Waals surface area contributed by atoms with Crippen molar-refractivity contribution in [2.24, 2.45) is 0 Å². The second-order valence-electron chi connectivity index (χ2n) is 2.02. The topological polar surface area (TPSA) is 27.1 Å². The minimum atomic E-state index is -2.35. The van der Waals surface area contributed by atoms with Gasteiger partial charge in [-0.05, 0) is 13.8 Å². The van der Waals surface area contributed by atoms with Crippen LogP contribution in [0.4, 0.5) is 8.78 Å². The van der Waals surface area contributed by atoms with E-state index in [9.17, 15) is 8.78 Å². The summed E-state index contributed by atoms with van der Waals surface area (Å²) in [5, 5.41) is 7.04. The molecule has 0 bridgehead atoms. The Hall–Kier alpha value is -0.670. The highest BCUT2D eigenvalue weighted by Crippen LogP contribution is 1.97. The van der Waals surface area contributed by atoms with Crippen LogP contribution in [0.25, 0.3) is 0 Å². The highest BCUT2D eigenvalue weighted by atomic mass is 19.3. The molecule has 0 aliphatic rings. The summed E-state index contributed by atoms with van der Waals surface area (Å²) in [7, 11) is 0. The lowest BCUT2D eigenvalue weighted by Crippen LogP contribution is -2.32. The van der Waals surface area contributed by atoms with Gasteiger partial charge in [-0.3, -0.25) is 5.41 Å². The van der Waals surface area contributed by atoms with Crippen LogP contribution in [0, 0.1) is 5.41 Å². The van der Waals surface area contributed by atoms with Crippen molar-refractivity contribution in [2.75, 3.05) is 13.1 Å². The largest absolute Gasteiger partial charge is 0.355 e. The van der Waals surface area contributed by atoms with Gasteiger partial charge in [-0.2, -0.15) is 0 Å². The van der Waals surface area contributed by atoms with Crippen LogP contribution in [0.15, 0.2) is 0 Å². The van der Waals surface area contributed by atoms with Crippen molar-refractivity contribution in [1.29, 1.82) is 5.41 Å². The maximum absolute atomic E-state index is 11.7. The molecule has 0 heterocycles. The predicted octanol–water partition coefficient (Wildman–Crippen LogP) is 1.57. The standard InChI is InChI=1S/C6H12F2N2/c1-3-10(5(2)9)4-6(7)8/h6,9H,3-4H2,1-2H3. The lowest BCUT2D eigenvalue weighted by Gasteiger charge is -2.19. The van der Waals surface area contributed by atoms with E-state index >= 15 is 0 Å². The molecule has 0 spiro atoms. The second kappa shape index (κ2) is 4.19. The first-order chi connectivity index (χ1) is 4.57. The number of rotatable bonds is 3. The van der Waals surface area contributed by atoms with Crippen LogP contribution in [0.2, 0.25) is 0 Å². The fraction of sp³-hybridized carbons (Fsp3) is 0.833. The molecule has 10 heavy (non-hydrogen) atoms. The molecule has 0 aliphatic heterocycles. The number of hydrogen-bond acceptors (Lipinski definition) is 1. The third-order valence-corrected chi connectivity index (χ3v) is 1.21. The van der Waals surface area contributed by atoms with Crippen LogP contribution < -0.4 is 0 Å². The zero-order valence-electron chi connectivity index (χ0n) is 6.19. The van der Waals surface area contributed by atoms with Gasteiger partial charge in [0.25, 0.3) is 6.43 Å². The summed E-state index contributed by atoms with van der Waals surface area (Å²) < 4.78 is 23.4. The molecule has 0 aromatic rings. The summed E-state index contributed by atoms with van der Waals surface area (Å²) in [6.45, 7) is 3.40. The number of amidine groups is 1. The van der Waals surface area contributed by atoms with E-state index < -0.39 is 6.43 Å². The minimum absolute atomic E-state index is 0.197. The first-order valence-corrected chi connectivity index (χ1v) is 3.16. The Labute approximate surface area is 59.3 Å². The molecule has 0 saturated heterocycles. The van der Waals surface area contributed by atoms with E-state index in [0.717, 1.165) is 0 Å². The summed E-state index contributed by atoms with van der Waals surface area (Å²) in [6.07, 6.45) is -2.35. The van der Waals surface area contributed by atoms with Crippen LogP contribution >= 0.6 is 0 Å². The molecule has 0 aromatic carbocycles. The molecule has 0 atom stereocenters. The molecule has 0 unspecified atom stereocenters. The Kier molecular flexibility index (Phi) is 3.91. The van der Waals surface area contributed by atoms with Crippen LogP contribution in [-0.4, -0.2) is 30.3 Å². The van der Waals surface area contributed by atoms with Gasteiger partial charge in [0.15, 0.2) is 0 Å². The fourth-order valence-electron chi connectivity index (χ4n) is 0.670. The summed E-state index contributed by atoms with van der Waals surface area (Å²) in [5.74, 6) is 0.197. The Morgan fingerprint density at radius 2 is 2.10 bits per heavy atom. The molecule has 0 rings (SSSR count). The van der Waals surface area contributed by atoms with Gasteiger partial charge in [0.1, 0.15) is 0 Å². The van der Waals surface area contributed by atoms with Gasteiger partial charge >= 0.3 is 0 Å². The molecule has 0 radical (unpaired) electrons. The normalized spacial score (nSPS) is 10.1. The average Bonchev–Trinajstić information content (AvgIpc) is 1.81. The molecule has 0 fully saturated rings. The second-order valence-corrected chi connectivity index (χ2v) is 2.02. The van der Waals surface area contributed by atoms with Crippen molar-refractivity contribution in [3.63, 3.8) is 0 Å². The van der Waals surface area contributed by atoms with Crippen LogP contribution in [0.3, 0.4) is 0 Å². The molecule has 60 valence electrons. The molecule has 4 heteroatoms. The van der Waals surface area contributed by atoms with E-state index in [2.05, 4.69) is 0 Å². The van der Waals surface area contributed by atoms with Crippen molar-refractivity contribution in [1.82, 2.24) is 4.90 Å². The third-order valence-electron chi connectivity index (χ3n) is 1.21. The predicted molar refractivity (Wildman–Crippen MR) is 36.7 cm³/mol. The van der Waals surface area contributed by atoms with Crippen molar-refractivity contribution < 1.29 is 8.78 Å². The average molecular weight is 150 g/mol. The van der Waals surface area contributed by atoms with E-state index in [4.69, 9.17) is 5.41 Å². The fourth-order valence-corrected chi connectivity index (χ4v) is 0.670. The first kappa shape index (κ1) is 9.33. The van der Waals surface area contributed by atoms with Gasteiger partial charge < -0.3 is 4.90 Å². The smallest absolute Gasteiger partial charge is 0.255 e. The van der Waals surface area contributed by atoms with Crippen molar-refractivity contribution in [2.45, 2.75) is 20.3 Å². The van der Waals surface area contributed by atoms with E-state index in [0.29, 0.717) is 6.54 Å². The Morgan fingerprint density at radius 1 is 1.60 bits per heavy atom. The molecular formula is C6H12F2N2. The van der Waals surface area contributed by atoms with Crippen LogP contribution in [-0.2, 0) is 0 Å². The highest BCUT2D eigenvalue weighted by Gasteiger charge is 2.09. The van der Waals surface area contributed by atoms with Gasteiger partial charge in [0.05, 0.1) is 12.4 Å². The molecule has 0 amide bonds. The van der Waals surface area contributed by atoms with Gasteiger partial charge in [-0.25, -0.2) is 8.78 Å². The number of halogens is 2. The molecule has 0 aliphatic carbocycles. The molecular weight excluding hydrogens is 138 g/mol. The quantitative estimate of drug-likeness (QED) is 0.480. The number of nitrogens with zero attached hydrogens (tertiary/aromatic N) is 1. The summed E-state index contributed by atoms with van der Waals surface area (Å²) in [6, 6.07) is 0. The highest BCUT2D eigenvalue weighted by molar-refractivity contribution is 5.76. The zero-order chi connectivity index (χ0) is 8.15. The molecule has 1 N–H and O–H groups in total. The monoisotopic (exact) mass is 150 g/mol. The van der Waals surface area contributed by atoms with E-state index in [-0.39, 0.29) is 12.4 Å². The van der Waals surface area contributed by atoms with E-state index in [1.54, 1.807) is 6.92 Å². The van der Waals surface area contributed by atoms with Gasteiger partial charge in [-0.1, -0.05) is 0 Å². The lowest BCUT2D eigenvalue weighted by atomic mass is 10.4. The van der Waals surface area contributed by atoms with E-state index in [1.807, 2.05) is 0 Å².